The Kier molecular flexibility index (Phi) is 12.5. The molecule has 2 fully saturated rings. The predicted octanol–water partition coefficient (Wildman–Crippen LogP) is 4.47. The highest BCUT2D eigenvalue weighted by molar-refractivity contribution is 5.77. The standard InChI is InChI=1S/C12H23NO.C8H15NO/c1-2-3-4-5-6-8-11-9-7-10-12(14)13-11;10-8-6-4-2-1-3-5-7-9-8/h11H,2-10H2,1H3,(H,13,14);1-7H2,(H,9,10). The molecule has 0 radical (unpaired) electrons. The molecular weight excluding hydrogens is 300 g/mol. The molecule has 2 amide bonds. The third-order valence-corrected chi connectivity index (χ3v) is 4.88. The number of nitrogens with one attached hydrogen (secondary N) is 2. The van der Waals surface area contributed by atoms with Crippen molar-refractivity contribution in [3.05, 3.63) is 0 Å². The van der Waals surface area contributed by atoms with Crippen molar-refractivity contribution >= 4 is 11.8 Å². The van der Waals surface area contributed by atoms with Crippen molar-refractivity contribution < 1.29 is 9.59 Å². The van der Waals surface area contributed by atoms with Gasteiger partial charge >= 0.3 is 0 Å². The Hall–Kier alpha value is -1.06. The lowest BCUT2D eigenvalue weighted by Crippen LogP contribution is -2.38. The Morgan fingerprint density at radius 2 is 1.54 bits per heavy atom. The van der Waals surface area contributed by atoms with Gasteiger partial charge in [-0.15, -0.1) is 0 Å². The van der Waals surface area contributed by atoms with Crippen LogP contribution in [0.25, 0.3) is 0 Å². The smallest absolute Gasteiger partial charge is 0.220 e. The van der Waals surface area contributed by atoms with E-state index in [0.717, 1.165) is 38.6 Å². The fraction of sp³-hybridized carbons (Fsp3) is 0.900. The van der Waals surface area contributed by atoms with Gasteiger partial charge < -0.3 is 10.6 Å². The molecule has 24 heavy (non-hydrogen) atoms. The topological polar surface area (TPSA) is 58.2 Å². The van der Waals surface area contributed by atoms with Gasteiger partial charge in [0.2, 0.25) is 11.8 Å². The molecule has 2 heterocycles. The van der Waals surface area contributed by atoms with E-state index < -0.39 is 0 Å². The van der Waals surface area contributed by atoms with Crippen LogP contribution in [0.5, 0.6) is 0 Å². The maximum Gasteiger partial charge on any atom is 0.220 e. The minimum atomic E-state index is 0.238. The van der Waals surface area contributed by atoms with Crippen molar-refractivity contribution in [2.75, 3.05) is 6.54 Å². The quantitative estimate of drug-likeness (QED) is 0.702. The SMILES string of the molecule is CCCCCCCC1CCCC(=O)N1.O=C1CCCCCCCN1. The van der Waals surface area contributed by atoms with E-state index in [1.54, 1.807) is 0 Å². The first kappa shape index (κ1) is 21.0. The van der Waals surface area contributed by atoms with Crippen molar-refractivity contribution in [1.82, 2.24) is 10.6 Å². The molecule has 2 N–H and O–H groups in total. The highest BCUT2D eigenvalue weighted by Gasteiger charge is 2.16. The largest absolute Gasteiger partial charge is 0.356 e. The van der Waals surface area contributed by atoms with Crippen molar-refractivity contribution in [2.24, 2.45) is 0 Å². The van der Waals surface area contributed by atoms with Crippen molar-refractivity contribution in [2.45, 2.75) is 109 Å². The van der Waals surface area contributed by atoms with Crippen LogP contribution in [0.1, 0.15) is 103 Å². The summed E-state index contributed by atoms with van der Waals surface area (Å²) in [6, 6.07) is 0.484. The maximum absolute atomic E-state index is 11.1. The Bertz CT molecular complexity index is 333. The molecule has 0 aliphatic carbocycles. The van der Waals surface area contributed by atoms with Gasteiger partial charge in [0.1, 0.15) is 0 Å². The summed E-state index contributed by atoms with van der Waals surface area (Å²) in [6.45, 7) is 3.13. The zero-order valence-electron chi connectivity index (χ0n) is 15.7. The second-order valence-electron chi connectivity index (χ2n) is 7.23. The number of rotatable bonds is 6. The van der Waals surface area contributed by atoms with Crippen LogP contribution < -0.4 is 10.6 Å². The molecule has 4 nitrogen and oxygen atoms in total. The number of carbonyl (C=O) groups is 2. The minimum Gasteiger partial charge on any atom is -0.356 e. The van der Waals surface area contributed by atoms with Gasteiger partial charge in [0.25, 0.3) is 0 Å². The van der Waals surface area contributed by atoms with Gasteiger partial charge in [-0.25, -0.2) is 0 Å². The van der Waals surface area contributed by atoms with Crippen LogP contribution in [0.3, 0.4) is 0 Å². The molecule has 0 aromatic carbocycles. The van der Waals surface area contributed by atoms with Gasteiger partial charge in [0.05, 0.1) is 0 Å². The van der Waals surface area contributed by atoms with Gasteiger partial charge in [-0.2, -0.15) is 0 Å². The first-order chi connectivity index (χ1) is 11.7. The molecule has 2 saturated heterocycles. The molecule has 0 aromatic rings. The van der Waals surface area contributed by atoms with Gasteiger partial charge in [-0.05, 0) is 32.1 Å². The number of hydrogen-bond acceptors (Lipinski definition) is 2. The van der Waals surface area contributed by atoms with Crippen LogP contribution in [-0.4, -0.2) is 24.4 Å². The van der Waals surface area contributed by atoms with E-state index in [1.807, 2.05) is 0 Å². The summed E-state index contributed by atoms with van der Waals surface area (Å²) in [5.74, 6) is 0.497. The van der Waals surface area contributed by atoms with Gasteiger partial charge in [0.15, 0.2) is 0 Å². The summed E-state index contributed by atoms with van der Waals surface area (Å²) in [5, 5.41) is 5.95. The van der Waals surface area contributed by atoms with Crippen molar-refractivity contribution in [3.8, 4) is 0 Å². The minimum absolute atomic E-state index is 0.238. The molecule has 140 valence electrons. The fourth-order valence-corrected chi connectivity index (χ4v) is 3.35. The van der Waals surface area contributed by atoms with Crippen LogP contribution in [0.2, 0.25) is 0 Å². The third-order valence-electron chi connectivity index (χ3n) is 4.88. The van der Waals surface area contributed by atoms with Gasteiger partial charge in [-0.3, -0.25) is 9.59 Å². The van der Waals surface area contributed by atoms with E-state index in [-0.39, 0.29) is 11.8 Å². The number of piperidine rings is 1. The maximum atomic E-state index is 11.1. The highest BCUT2D eigenvalue weighted by atomic mass is 16.2. The molecule has 2 rings (SSSR count). The molecule has 1 unspecified atom stereocenters. The zero-order chi connectivity index (χ0) is 17.5. The van der Waals surface area contributed by atoms with E-state index in [9.17, 15) is 9.59 Å². The zero-order valence-corrected chi connectivity index (χ0v) is 15.7. The molecule has 0 spiro atoms. The Morgan fingerprint density at radius 1 is 0.833 bits per heavy atom. The Morgan fingerprint density at radius 3 is 2.33 bits per heavy atom. The normalized spacial score (nSPS) is 22.1. The van der Waals surface area contributed by atoms with Gasteiger partial charge in [-0.1, -0.05) is 58.3 Å². The molecule has 2 aliphatic rings. The lowest BCUT2D eigenvalue weighted by atomic mass is 9.98. The van der Waals surface area contributed by atoms with E-state index >= 15 is 0 Å². The van der Waals surface area contributed by atoms with Crippen LogP contribution >= 0.6 is 0 Å². The van der Waals surface area contributed by atoms with E-state index in [0.29, 0.717) is 6.04 Å². The second kappa shape index (κ2) is 14.3. The summed E-state index contributed by atoms with van der Waals surface area (Å²) in [6.07, 6.45) is 17.6. The Balaban J connectivity index is 0.000000254. The van der Waals surface area contributed by atoms with Crippen molar-refractivity contribution in [3.63, 3.8) is 0 Å². The molecular formula is C20H38N2O2. The van der Waals surface area contributed by atoms with Gasteiger partial charge in [0, 0.05) is 25.4 Å². The summed E-state index contributed by atoms with van der Waals surface area (Å²) >= 11 is 0. The predicted molar refractivity (Wildman–Crippen MR) is 99.9 cm³/mol. The number of carbonyl (C=O) groups excluding carboxylic acids is 2. The monoisotopic (exact) mass is 338 g/mol. The van der Waals surface area contributed by atoms with E-state index in [1.165, 1.54) is 64.2 Å². The number of unbranched alkanes of at least 4 members (excludes halogenated alkanes) is 4. The average molecular weight is 339 g/mol. The van der Waals surface area contributed by atoms with Crippen LogP contribution in [0.15, 0.2) is 0 Å². The molecule has 0 bridgehead atoms. The molecule has 0 saturated carbocycles. The first-order valence-electron chi connectivity index (χ1n) is 10.3. The summed E-state index contributed by atoms with van der Waals surface area (Å²) in [5.41, 5.74) is 0. The van der Waals surface area contributed by atoms with Crippen LogP contribution in [-0.2, 0) is 9.59 Å². The van der Waals surface area contributed by atoms with Crippen LogP contribution in [0.4, 0.5) is 0 Å². The lowest BCUT2D eigenvalue weighted by molar-refractivity contribution is -0.123. The van der Waals surface area contributed by atoms with Crippen molar-refractivity contribution in [1.29, 1.82) is 0 Å². The number of hydrogen-bond donors (Lipinski definition) is 2. The Labute approximate surface area is 148 Å². The number of amides is 2. The van der Waals surface area contributed by atoms with E-state index in [2.05, 4.69) is 17.6 Å². The molecule has 4 heteroatoms. The fourth-order valence-electron chi connectivity index (χ4n) is 3.35. The third kappa shape index (κ3) is 11.5. The summed E-state index contributed by atoms with van der Waals surface area (Å²) in [4.78, 5) is 22.0. The summed E-state index contributed by atoms with van der Waals surface area (Å²) < 4.78 is 0. The lowest BCUT2D eigenvalue weighted by Gasteiger charge is -2.22. The molecule has 1 atom stereocenters. The van der Waals surface area contributed by atoms with Crippen LogP contribution in [0, 0.1) is 0 Å². The second-order valence-corrected chi connectivity index (χ2v) is 7.23. The molecule has 2 aliphatic heterocycles. The summed E-state index contributed by atoms with van der Waals surface area (Å²) in [7, 11) is 0. The first-order valence-corrected chi connectivity index (χ1v) is 10.3. The molecule has 0 aromatic heterocycles. The van der Waals surface area contributed by atoms with E-state index in [4.69, 9.17) is 0 Å². The highest BCUT2D eigenvalue weighted by Crippen LogP contribution is 2.15. The average Bonchev–Trinajstić information content (AvgIpc) is 2.69.